The van der Waals surface area contributed by atoms with Crippen LogP contribution in [0.3, 0.4) is 0 Å². The van der Waals surface area contributed by atoms with Crippen LogP contribution in [-0.4, -0.2) is 6.54 Å². The van der Waals surface area contributed by atoms with Crippen molar-refractivity contribution in [2.24, 2.45) is 11.1 Å². The number of benzene rings is 1. The SMILES string of the molecule is Cc1cccc(/C=C(\CN)C(C)(C)C)c1. The normalized spacial score (nSPS) is 13.0. The third-order valence-corrected chi connectivity index (χ3v) is 2.57. The van der Waals surface area contributed by atoms with E-state index in [1.54, 1.807) is 0 Å². The van der Waals surface area contributed by atoms with Crippen molar-refractivity contribution in [3.8, 4) is 0 Å². The Labute approximate surface area is 93.0 Å². The molecule has 0 radical (unpaired) electrons. The number of nitrogens with two attached hydrogens (primary N) is 1. The average molecular weight is 203 g/mol. The van der Waals surface area contributed by atoms with E-state index in [9.17, 15) is 0 Å². The van der Waals surface area contributed by atoms with Gasteiger partial charge in [0.1, 0.15) is 0 Å². The highest BCUT2D eigenvalue weighted by atomic mass is 14.5. The zero-order valence-electron chi connectivity index (χ0n) is 10.2. The zero-order chi connectivity index (χ0) is 11.5. The maximum absolute atomic E-state index is 5.78. The van der Waals surface area contributed by atoms with Crippen molar-refractivity contribution in [1.29, 1.82) is 0 Å². The molecule has 1 heteroatoms. The summed E-state index contributed by atoms with van der Waals surface area (Å²) in [5.74, 6) is 0. The Kier molecular flexibility index (Phi) is 3.70. The third-order valence-electron chi connectivity index (χ3n) is 2.57. The van der Waals surface area contributed by atoms with Crippen LogP contribution in [0.5, 0.6) is 0 Å². The molecule has 1 rings (SSSR count). The van der Waals surface area contributed by atoms with E-state index >= 15 is 0 Å². The minimum atomic E-state index is 0.151. The number of aryl methyl sites for hydroxylation is 1. The van der Waals surface area contributed by atoms with E-state index in [1.165, 1.54) is 16.7 Å². The van der Waals surface area contributed by atoms with E-state index < -0.39 is 0 Å². The van der Waals surface area contributed by atoms with Gasteiger partial charge in [-0.25, -0.2) is 0 Å². The van der Waals surface area contributed by atoms with Gasteiger partial charge in [0.05, 0.1) is 0 Å². The smallest absolute Gasteiger partial charge is 0.0145 e. The van der Waals surface area contributed by atoms with Gasteiger partial charge in [-0.1, -0.05) is 62.2 Å². The van der Waals surface area contributed by atoms with Crippen LogP contribution in [0.1, 0.15) is 31.9 Å². The lowest BCUT2D eigenvalue weighted by molar-refractivity contribution is 0.499. The number of hydrogen-bond donors (Lipinski definition) is 1. The summed E-state index contributed by atoms with van der Waals surface area (Å²) in [5.41, 5.74) is 9.74. The topological polar surface area (TPSA) is 26.0 Å². The van der Waals surface area contributed by atoms with E-state index in [0.717, 1.165) is 0 Å². The van der Waals surface area contributed by atoms with Crippen molar-refractivity contribution in [1.82, 2.24) is 0 Å². The molecule has 0 aliphatic rings. The first kappa shape index (κ1) is 12.0. The molecule has 0 aliphatic heterocycles. The van der Waals surface area contributed by atoms with Crippen LogP contribution >= 0.6 is 0 Å². The lowest BCUT2D eigenvalue weighted by Gasteiger charge is -2.22. The van der Waals surface area contributed by atoms with Gasteiger partial charge < -0.3 is 5.73 Å². The Morgan fingerprint density at radius 3 is 2.47 bits per heavy atom. The summed E-state index contributed by atoms with van der Waals surface area (Å²) < 4.78 is 0. The van der Waals surface area contributed by atoms with Gasteiger partial charge in [0, 0.05) is 6.54 Å². The molecule has 0 aliphatic carbocycles. The molecule has 1 aromatic rings. The van der Waals surface area contributed by atoms with Gasteiger partial charge in [-0.05, 0) is 17.9 Å². The fourth-order valence-corrected chi connectivity index (χ4v) is 1.54. The second-order valence-corrected chi connectivity index (χ2v) is 5.04. The van der Waals surface area contributed by atoms with Crippen molar-refractivity contribution >= 4 is 6.08 Å². The maximum Gasteiger partial charge on any atom is 0.0145 e. The highest BCUT2D eigenvalue weighted by molar-refractivity contribution is 5.55. The van der Waals surface area contributed by atoms with E-state index in [0.29, 0.717) is 6.54 Å². The lowest BCUT2D eigenvalue weighted by atomic mass is 9.85. The summed E-state index contributed by atoms with van der Waals surface area (Å²) in [7, 11) is 0. The highest BCUT2D eigenvalue weighted by Gasteiger charge is 2.15. The van der Waals surface area contributed by atoms with E-state index in [4.69, 9.17) is 5.73 Å². The molecule has 0 aromatic heterocycles. The molecular formula is C14H21N. The number of rotatable bonds is 2. The van der Waals surface area contributed by atoms with Crippen molar-refractivity contribution in [3.05, 3.63) is 41.0 Å². The van der Waals surface area contributed by atoms with Gasteiger partial charge in [0.25, 0.3) is 0 Å². The molecule has 0 saturated heterocycles. The van der Waals surface area contributed by atoms with Crippen molar-refractivity contribution in [3.63, 3.8) is 0 Å². The molecule has 0 amide bonds. The van der Waals surface area contributed by atoms with Gasteiger partial charge >= 0.3 is 0 Å². The summed E-state index contributed by atoms with van der Waals surface area (Å²) >= 11 is 0. The molecule has 0 heterocycles. The van der Waals surface area contributed by atoms with Crippen molar-refractivity contribution < 1.29 is 0 Å². The van der Waals surface area contributed by atoms with E-state index in [1.807, 2.05) is 0 Å². The molecule has 2 N–H and O–H groups in total. The lowest BCUT2D eigenvalue weighted by Crippen LogP contribution is -2.17. The first-order chi connectivity index (χ1) is 6.93. The Morgan fingerprint density at radius 1 is 1.33 bits per heavy atom. The molecule has 0 fully saturated rings. The first-order valence-electron chi connectivity index (χ1n) is 5.41. The molecule has 1 nitrogen and oxygen atoms in total. The van der Waals surface area contributed by atoms with Crippen LogP contribution in [0, 0.1) is 12.3 Å². The van der Waals surface area contributed by atoms with E-state index in [-0.39, 0.29) is 5.41 Å². The largest absolute Gasteiger partial charge is 0.327 e. The Morgan fingerprint density at radius 2 is 2.00 bits per heavy atom. The Bertz CT molecular complexity index is 356. The Hall–Kier alpha value is -1.08. The third kappa shape index (κ3) is 3.52. The summed E-state index contributed by atoms with van der Waals surface area (Å²) in [6.07, 6.45) is 2.20. The molecular weight excluding hydrogens is 182 g/mol. The first-order valence-corrected chi connectivity index (χ1v) is 5.41. The summed E-state index contributed by atoms with van der Waals surface area (Å²) in [6.45, 7) is 9.32. The quantitative estimate of drug-likeness (QED) is 0.783. The van der Waals surface area contributed by atoms with Crippen molar-refractivity contribution in [2.45, 2.75) is 27.7 Å². The van der Waals surface area contributed by atoms with Crippen LogP contribution in [0.4, 0.5) is 0 Å². The van der Waals surface area contributed by atoms with Crippen molar-refractivity contribution in [2.75, 3.05) is 6.54 Å². The van der Waals surface area contributed by atoms with E-state index in [2.05, 4.69) is 58.0 Å². The minimum Gasteiger partial charge on any atom is -0.327 e. The average Bonchev–Trinajstić information content (AvgIpc) is 2.12. The molecule has 0 atom stereocenters. The van der Waals surface area contributed by atoms with Crippen LogP contribution in [0.25, 0.3) is 6.08 Å². The predicted octanol–water partition coefficient (Wildman–Crippen LogP) is 3.38. The predicted molar refractivity (Wildman–Crippen MR) is 67.7 cm³/mol. The molecule has 82 valence electrons. The van der Waals surface area contributed by atoms with Gasteiger partial charge in [0.15, 0.2) is 0 Å². The standard InChI is InChI=1S/C14H21N/c1-11-6-5-7-12(8-11)9-13(10-15)14(2,3)4/h5-9H,10,15H2,1-4H3/b13-9+. The molecule has 0 spiro atoms. The molecule has 1 aromatic carbocycles. The monoisotopic (exact) mass is 203 g/mol. The second-order valence-electron chi connectivity index (χ2n) is 5.04. The van der Waals surface area contributed by atoms with Gasteiger partial charge in [0.2, 0.25) is 0 Å². The summed E-state index contributed by atoms with van der Waals surface area (Å²) in [5, 5.41) is 0. The zero-order valence-corrected chi connectivity index (χ0v) is 10.2. The Balaban J connectivity index is 3.04. The fourth-order valence-electron chi connectivity index (χ4n) is 1.54. The maximum atomic E-state index is 5.78. The fraction of sp³-hybridized carbons (Fsp3) is 0.429. The van der Waals surface area contributed by atoms with Gasteiger partial charge in [-0.15, -0.1) is 0 Å². The van der Waals surface area contributed by atoms with Crippen LogP contribution < -0.4 is 5.73 Å². The second kappa shape index (κ2) is 4.63. The molecule has 0 bridgehead atoms. The highest BCUT2D eigenvalue weighted by Crippen LogP contribution is 2.26. The van der Waals surface area contributed by atoms with Crippen LogP contribution in [0.15, 0.2) is 29.8 Å². The number of hydrogen-bond acceptors (Lipinski definition) is 1. The minimum absolute atomic E-state index is 0.151. The van der Waals surface area contributed by atoms with Gasteiger partial charge in [-0.2, -0.15) is 0 Å². The summed E-state index contributed by atoms with van der Waals surface area (Å²) in [4.78, 5) is 0. The summed E-state index contributed by atoms with van der Waals surface area (Å²) in [6, 6.07) is 8.49. The molecule has 0 saturated carbocycles. The molecule has 15 heavy (non-hydrogen) atoms. The van der Waals surface area contributed by atoms with Crippen LogP contribution in [-0.2, 0) is 0 Å². The molecule has 0 unspecified atom stereocenters. The van der Waals surface area contributed by atoms with Gasteiger partial charge in [-0.3, -0.25) is 0 Å². The van der Waals surface area contributed by atoms with Crippen LogP contribution in [0.2, 0.25) is 0 Å².